The first-order valence-electron chi connectivity index (χ1n) is 5.53. The van der Waals surface area contributed by atoms with Crippen molar-refractivity contribution in [3.05, 3.63) is 24.3 Å². The molecule has 0 aromatic heterocycles. The second-order valence-electron chi connectivity index (χ2n) is 3.93. The van der Waals surface area contributed by atoms with E-state index in [4.69, 9.17) is 10.5 Å². The van der Waals surface area contributed by atoms with Gasteiger partial charge in [0.05, 0.1) is 5.69 Å². The summed E-state index contributed by atoms with van der Waals surface area (Å²) < 4.78 is 5.70. The van der Waals surface area contributed by atoms with Crippen LogP contribution in [-0.4, -0.2) is 18.6 Å². The van der Waals surface area contributed by atoms with Gasteiger partial charge in [0.25, 0.3) is 5.91 Å². The predicted octanol–water partition coefficient (Wildman–Crippen LogP) is 1.37. The molecule has 4 nitrogen and oxygen atoms in total. The Morgan fingerprint density at radius 3 is 2.94 bits per heavy atom. The van der Waals surface area contributed by atoms with Crippen LogP contribution in [0.5, 0.6) is 5.75 Å². The van der Waals surface area contributed by atoms with E-state index in [1.165, 1.54) is 0 Å². The monoisotopic (exact) mass is 220 g/mol. The third-order valence-corrected chi connectivity index (χ3v) is 2.91. The van der Waals surface area contributed by atoms with Gasteiger partial charge in [0.15, 0.2) is 6.10 Å². The number of anilines is 1. The predicted molar refractivity (Wildman–Crippen MR) is 62.3 cm³/mol. The Balaban J connectivity index is 2.24. The first kappa shape index (κ1) is 11.0. The van der Waals surface area contributed by atoms with Crippen LogP contribution < -0.4 is 15.8 Å². The molecule has 1 aromatic rings. The van der Waals surface area contributed by atoms with Gasteiger partial charge in [0.1, 0.15) is 5.75 Å². The van der Waals surface area contributed by atoms with Gasteiger partial charge in [0.2, 0.25) is 0 Å². The Labute approximate surface area is 94.8 Å². The van der Waals surface area contributed by atoms with Gasteiger partial charge in [-0.15, -0.1) is 0 Å². The van der Waals surface area contributed by atoms with Gasteiger partial charge in [-0.3, -0.25) is 4.79 Å². The van der Waals surface area contributed by atoms with Crippen LogP contribution in [0.1, 0.15) is 13.3 Å². The molecule has 0 radical (unpaired) electrons. The number of hydrogen-bond donors (Lipinski definition) is 2. The zero-order chi connectivity index (χ0) is 11.5. The van der Waals surface area contributed by atoms with E-state index in [1.54, 1.807) is 0 Å². The molecule has 1 aliphatic rings. The molecule has 1 aromatic carbocycles. The number of benzene rings is 1. The first-order valence-corrected chi connectivity index (χ1v) is 5.53. The van der Waals surface area contributed by atoms with E-state index in [0.717, 1.165) is 17.9 Å². The molecule has 1 heterocycles. The molecular weight excluding hydrogens is 204 g/mol. The SMILES string of the molecule is CCC(CN)C1Oc2ccccc2NC1=O. The van der Waals surface area contributed by atoms with Crippen LogP contribution in [0, 0.1) is 5.92 Å². The molecule has 0 spiro atoms. The van der Waals surface area contributed by atoms with Crippen molar-refractivity contribution in [2.24, 2.45) is 11.7 Å². The summed E-state index contributed by atoms with van der Waals surface area (Å²) in [5.41, 5.74) is 6.37. The standard InChI is InChI=1S/C12H16N2O2/c1-2-8(7-13)11-12(15)14-9-5-3-4-6-10(9)16-11/h3-6,8,11H,2,7,13H2,1H3,(H,14,15). The number of amides is 1. The molecule has 0 aliphatic carbocycles. The van der Waals surface area contributed by atoms with Crippen LogP contribution in [-0.2, 0) is 4.79 Å². The topological polar surface area (TPSA) is 64.3 Å². The number of nitrogens with two attached hydrogens (primary N) is 1. The molecule has 1 amide bonds. The fourth-order valence-corrected chi connectivity index (χ4v) is 1.88. The molecule has 86 valence electrons. The van der Waals surface area contributed by atoms with Crippen molar-refractivity contribution in [3.63, 3.8) is 0 Å². The second-order valence-corrected chi connectivity index (χ2v) is 3.93. The number of nitrogens with one attached hydrogen (secondary N) is 1. The van der Waals surface area contributed by atoms with E-state index >= 15 is 0 Å². The Hall–Kier alpha value is -1.55. The van der Waals surface area contributed by atoms with Gasteiger partial charge in [0, 0.05) is 5.92 Å². The van der Waals surface area contributed by atoms with Crippen molar-refractivity contribution >= 4 is 11.6 Å². The largest absolute Gasteiger partial charge is 0.478 e. The zero-order valence-electron chi connectivity index (χ0n) is 9.27. The maximum atomic E-state index is 11.8. The molecular formula is C12H16N2O2. The van der Waals surface area contributed by atoms with Gasteiger partial charge in [-0.1, -0.05) is 19.1 Å². The van der Waals surface area contributed by atoms with Crippen molar-refractivity contribution in [1.82, 2.24) is 0 Å². The van der Waals surface area contributed by atoms with Crippen LogP contribution in [0.3, 0.4) is 0 Å². The van der Waals surface area contributed by atoms with Crippen molar-refractivity contribution < 1.29 is 9.53 Å². The Bertz CT molecular complexity index is 388. The Morgan fingerprint density at radius 1 is 1.50 bits per heavy atom. The van der Waals surface area contributed by atoms with Crippen LogP contribution in [0.2, 0.25) is 0 Å². The zero-order valence-corrected chi connectivity index (χ0v) is 9.27. The fraction of sp³-hybridized carbons (Fsp3) is 0.417. The lowest BCUT2D eigenvalue weighted by Crippen LogP contribution is -2.44. The summed E-state index contributed by atoms with van der Waals surface area (Å²) in [6.45, 7) is 2.46. The second kappa shape index (κ2) is 4.53. The normalized spacial score (nSPS) is 20.6. The van der Waals surface area contributed by atoms with Crippen LogP contribution >= 0.6 is 0 Å². The van der Waals surface area contributed by atoms with Gasteiger partial charge in [-0.25, -0.2) is 0 Å². The summed E-state index contributed by atoms with van der Waals surface area (Å²) in [7, 11) is 0. The molecule has 0 fully saturated rings. The first-order chi connectivity index (χ1) is 7.76. The number of carbonyl (C=O) groups is 1. The van der Waals surface area contributed by atoms with E-state index < -0.39 is 6.10 Å². The lowest BCUT2D eigenvalue weighted by molar-refractivity contribution is -0.125. The summed E-state index contributed by atoms with van der Waals surface area (Å²) in [5.74, 6) is 0.684. The average molecular weight is 220 g/mol. The molecule has 1 aliphatic heterocycles. The number of ether oxygens (including phenoxy) is 1. The summed E-state index contributed by atoms with van der Waals surface area (Å²) in [5, 5.41) is 2.84. The third-order valence-electron chi connectivity index (χ3n) is 2.91. The quantitative estimate of drug-likeness (QED) is 0.808. The van der Waals surface area contributed by atoms with Crippen molar-refractivity contribution in [3.8, 4) is 5.75 Å². The van der Waals surface area contributed by atoms with Gasteiger partial charge in [-0.2, -0.15) is 0 Å². The maximum Gasteiger partial charge on any atom is 0.265 e. The average Bonchev–Trinajstić information content (AvgIpc) is 2.31. The number of rotatable bonds is 3. The lowest BCUT2D eigenvalue weighted by Gasteiger charge is -2.30. The molecule has 0 saturated carbocycles. The highest BCUT2D eigenvalue weighted by Gasteiger charge is 2.32. The van der Waals surface area contributed by atoms with Crippen molar-refractivity contribution in [1.29, 1.82) is 0 Å². The smallest absolute Gasteiger partial charge is 0.265 e. The molecule has 2 unspecified atom stereocenters. The number of para-hydroxylation sites is 2. The number of fused-ring (bicyclic) bond motifs is 1. The van der Waals surface area contributed by atoms with E-state index in [1.807, 2.05) is 31.2 Å². The third kappa shape index (κ3) is 1.88. The van der Waals surface area contributed by atoms with E-state index in [9.17, 15) is 4.79 Å². The van der Waals surface area contributed by atoms with E-state index in [0.29, 0.717) is 6.54 Å². The molecule has 0 saturated heterocycles. The molecule has 4 heteroatoms. The van der Waals surface area contributed by atoms with Crippen LogP contribution in [0.25, 0.3) is 0 Å². The van der Waals surface area contributed by atoms with Crippen LogP contribution in [0.15, 0.2) is 24.3 Å². The summed E-state index contributed by atoms with van der Waals surface area (Å²) in [6.07, 6.45) is 0.362. The highest BCUT2D eigenvalue weighted by molar-refractivity contribution is 5.97. The maximum absolute atomic E-state index is 11.8. The molecule has 16 heavy (non-hydrogen) atoms. The molecule has 3 N–H and O–H groups in total. The van der Waals surface area contributed by atoms with E-state index in [2.05, 4.69) is 5.32 Å². The van der Waals surface area contributed by atoms with Gasteiger partial charge >= 0.3 is 0 Å². The molecule has 0 bridgehead atoms. The minimum atomic E-state index is -0.468. The number of carbonyl (C=O) groups excluding carboxylic acids is 1. The summed E-state index contributed by atoms with van der Waals surface area (Å²) in [6, 6.07) is 7.43. The van der Waals surface area contributed by atoms with Crippen molar-refractivity contribution in [2.75, 3.05) is 11.9 Å². The molecule has 2 rings (SSSR count). The number of hydrogen-bond acceptors (Lipinski definition) is 3. The molecule has 2 atom stereocenters. The van der Waals surface area contributed by atoms with Gasteiger partial charge < -0.3 is 15.8 Å². The minimum absolute atomic E-state index is 0.0633. The Morgan fingerprint density at radius 2 is 2.25 bits per heavy atom. The Kier molecular flexibility index (Phi) is 3.10. The van der Waals surface area contributed by atoms with Crippen molar-refractivity contribution in [2.45, 2.75) is 19.4 Å². The highest BCUT2D eigenvalue weighted by atomic mass is 16.5. The summed E-state index contributed by atoms with van der Waals surface area (Å²) >= 11 is 0. The lowest BCUT2D eigenvalue weighted by atomic mass is 9.97. The summed E-state index contributed by atoms with van der Waals surface area (Å²) in [4.78, 5) is 11.8. The van der Waals surface area contributed by atoms with Crippen LogP contribution in [0.4, 0.5) is 5.69 Å². The fourth-order valence-electron chi connectivity index (χ4n) is 1.88. The highest BCUT2D eigenvalue weighted by Crippen LogP contribution is 2.31. The van der Waals surface area contributed by atoms with E-state index in [-0.39, 0.29) is 11.8 Å². The minimum Gasteiger partial charge on any atom is -0.478 e. The van der Waals surface area contributed by atoms with Gasteiger partial charge in [-0.05, 0) is 25.1 Å².